The van der Waals surface area contributed by atoms with Crippen molar-refractivity contribution >= 4 is 28.1 Å². The van der Waals surface area contributed by atoms with Crippen LogP contribution in [0.1, 0.15) is 23.1 Å². The smallest absolute Gasteiger partial charge is 0.180 e. The number of nitrogens with zero attached hydrogens (tertiary/aromatic N) is 1. The normalized spacial score (nSPS) is 10.8. The fourth-order valence-electron chi connectivity index (χ4n) is 1.65. The first-order valence-electron chi connectivity index (χ1n) is 5.28. The zero-order chi connectivity index (χ0) is 12.4. The Labute approximate surface area is 108 Å². The number of thiazole rings is 1. The minimum Gasteiger partial charge on any atom is -0.375 e. The molecule has 0 aliphatic rings. The first-order chi connectivity index (χ1) is 8.10. The number of benzene rings is 1. The summed E-state index contributed by atoms with van der Waals surface area (Å²) in [5.41, 5.74) is 7.54. The van der Waals surface area contributed by atoms with E-state index in [1.807, 2.05) is 13.0 Å². The number of halogens is 2. The molecule has 5 heteroatoms. The molecule has 0 atom stereocenters. The Bertz CT molecular complexity index is 539. The van der Waals surface area contributed by atoms with Gasteiger partial charge in [0, 0.05) is 11.3 Å². The van der Waals surface area contributed by atoms with E-state index in [0.29, 0.717) is 11.6 Å². The average Bonchev–Trinajstić information content (AvgIpc) is 2.64. The largest absolute Gasteiger partial charge is 0.375 e. The molecule has 0 radical (unpaired) electrons. The Hall–Kier alpha value is -1.13. The van der Waals surface area contributed by atoms with Crippen LogP contribution in [0.4, 0.5) is 9.52 Å². The minimum atomic E-state index is -0.389. The fourth-order valence-corrected chi connectivity index (χ4v) is 2.73. The van der Waals surface area contributed by atoms with Crippen molar-refractivity contribution in [3.63, 3.8) is 0 Å². The monoisotopic (exact) mass is 270 g/mol. The van der Waals surface area contributed by atoms with Gasteiger partial charge >= 0.3 is 0 Å². The molecule has 0 spiro atoms. The van der Waals surface area contributed by atoms with Gasteiger partial charge in [-0.25, -0.2) is 9.37 Å². The number of aromatic nitrogens is 1. The summed E-state index contributed by atoms with van der Waals surface area (Å²) >= 11 is 7.10. The second kappa shape index (κ2) is 5.02. The van der Waals surface area contributed by atoms with Crippen LogP contribution < -0.4 is 5.73 Å². The molecule has 0 aliphatic carbocycles. The topological polar surface area (TPSA) is 38.9 Å². The van der Waals surface area contributed by atoms with Gasteiger partial charge in [-0.1, -0.05) is 24.6 Å². The van der Waals surface area contributed by atoms with Crippen molar-refractivity contribution in [2.75, 3.05) is 5.73 Å². The number of nitrogen functional groups attached to an aromatic ring is 1. The van der Waals surface area contributed by atoms with E-state index in [9.17, 15) is 4.39 Å². The van der Waals surface area contributed by atoms with Gasteiger partial charge in [-0.3, -0.25) is 0 Å². The molecule has 0 fully saturated rings. The van der Waals surface area contributed by atoms with E-state index in [2.05, 4.69) is 4.98 Å². The molecule has 1 heterocycles. The molecule has 17 heavy (non-hydrogen) atoms. The molecule has 0 bridgehead atoms. The summed E-state index contributed by atoms with van der Waals surface area (Å²) in [6, 6.07) is 4.85. The summed E-state index contributed by atoms with van der Waals surface area (Å²) in [5, 5.41) is 0.708. The summed E-state index contributed by atoms with van der Waals surface area (Å²) in [4.78, 5) is 5.33. The predicted octanol–water partition coefficient (Wildman–Crippen LogP) is 3.67. The summed E-state index contributed by atoms with van der Waals surface area (Å²) in [6.07, 6.45) is 1.48. The zero-order valence-electron chi connectivity index (χ0n) is 9.34. The average molecular weight is 271 g/mol. The fraction of sp³-hybridized carbons (Fsp3) is 0.250. The van der Waals surface area contributed by atoms with Crippen LogP contribution in [0.15, 0.2) is 18.2 Å². The van der Waals surface area contributed by atoms with Gasteiger partial charge in [0.05, 0.1) is 10.7 Å². The summed E-state index contributed by atoms with van der Waals surface area (Å²) in [6.45, 7) is 2.03. The summed E-state index contributed by atoms with van der Waals surface area (Å²) in [5.74, 6) is -0.389. The Morgan fingerprint density at radius 1 is 1.47 bits per heavy atom. The van der Waals surface area contributed by atoms with Crippen LogP contribution in [0.2, 0.25) is 5.02 Å². The third-order valence-corrected chi connectivity index (χ3v) is 3.71. The number of nitrogens with two attached hydrogens (primary N) is 1. The molecule has 0 saturated heterocycles. The molecule has 0 unspecified atom stereocenters. The molecule has 2 rings (SSSR count). The molecule has 1 aromatic carbocycles. The van der Waals surface area contributed by atoms with Crippen molar-refractivity contribution in [3.05, 3.63) is 45.2 Å². The highest BCUT2D eigenvalue weighted by Gasteiger charge is 2.09. The predicted molar refractivity (Wildman–Crippen MR) is 70.1 cm³/mol. The van der Waals surface area contributed by atoms with Gasteiger partial charge in [0.15, 0.2) is 5.13 Å². The van der Waals surface area contributed by atoms with Crippen molar-refractivity contribution in [1.82, 2.24) is 4.98 Å². The van der Waals surface area contributed by atoms with Gasteiger partial charge in [0.1, 0.15) is 5.82 Å². The van der Waals surface area contributed by atoms with Crippen LogP contribution in [0.5, 0.6) is 0 Å². The Kier molecular flexibility index (Phi) is 3.64. The molecule has 0 amide bonds. The maximum atomic E-state index is 13.3. The third kappa shape index (κ3) is 2.76. The highest BCUT2D eigenvalue weighted by Crippen LogP contribution is 2.25. The number of anilines is 1. The third-order valence-electron chi connectivity index (χ3n) is 2.48. The van der Waals surface area contributed by atoms with Crippen LogP contribution in [0.25, 0.3) is 0 Å². The molecular formula is C12H12ClFN2S. The second-order valence-electron chi connectivity index (χ2n) is 3.70. The summed E-state index contributed by atoms with van der Waals surface area (Å²) < 4.78 is 13.3. The van der Waals surface area contributed by atoms with Crippen LogP contribution in [0.3, 0.4) is 0 Å². The molecular weight excluding hydrogens is 259 g/mol. The van der Waals surface area contributed by atoms with E-state index < -0.39 is 0 Å². The van der Waals surface area contributed by atoms with Crippen molar-refractivity contribution < 1.29 is 4.39 Å². The molecule has 0 saturated carbocycles. The molecule has 2 nitrogen and oxygen atoms in total. The minimum absolute atomic E-state index is 0.147. The first kappa shape index (κ1) is 12.3. The molecule has 2 N–H and O–H groups in total. The van der Waals surface area contributed by atoms with Crippen LogP contribution in [-0.4, -0.2) is 4.98 Å². The van der Waals surface area contributed by atoms with Gasteiger partial charge in [-0.05, 0) is 24.1 Å². The Morgan fingerprint density at radius 2 is 2.24 bits per heavy atom. The van der Waals surface area contributed by atoms with Crippen molar-refractivity contribution in [2.45, 2.75) is 19.8 Å². The lowest BCUT2D eigenvalue weighted by atomic mass is 10.1. The number of hydrogen-bond donors (Lipinski definition) is 1. The van der Waals surface area contributed by atoms with Gasteiger partial charge in [0.2, 0.25) is 0 Å². The van der Waals surface area contributed by atoms with E-state index >= 15 is 0 Å². The van der Waals surface area contributed by atoms with Gasteiger partial charge in [-0.15, -0.1) is 11.3 Å². The van der Waals surface area contributed by atoms with E-state index in [4.69, 9.17) is 17.3 Å². The lowest BCUT2D eigenvalue weighted by Gasteiger charge is -2.02. The van der Waals surface area contributed by atoms with Crippen molar-refractivity contribution in [3.8, 4) is 0 Å². The quantitative estimate of drug-likeness (QED) is 0.924. The Morgan fingerprint density at radius 3 is 2.88 bits per heavy atom. The standard InChI is InChI=1S/C12H12ClFN2S/c1-2-10-11(17-12(15)16-10)6-7-3-4-8(13)9(14)5-7/h3-5H,2,6H2,1H3,(H2,15,16). The highest BCUT2D eigenvalue weighted by atomic mass is 35.5. The highest BCUT2D eigenvalue weighted by molar-refractivity contribution is 7.15. The van der Waals surface area contributed by atoms with Gasteiger partial charge in [-0.2, -0.15) is 0 Å². The van der Waals surface area contributed by atoms with Gasteiger partial charge < -0.3 is 5.73 Å². The second-order valence-corrected chi connectivity index (χ2v) is 5.22. The molecule has 1 aromatic heterocycles. The van der Waals surface area contributed by atoms with Crippen LogP contribution in [0, 0.1) is 5.82 Å². The molecule has 90 valence electrons. The summed E-state index contributed by atoms with van der Waals surface area (Å²) in [7, 11) is 0. The zero-order valence-corrected chi connectivity index (χ0v) is 10.9. The lowest BCUT2D eigenvalue weighted by molar-refractivity contribution is 0.626. The van der Waals surface area contributed by atoms with Crippen molar-refractivity contribution in [1.29, 1.82) is 0 Å². The lowest BCUT2D eigenvalue weighted by Crippen LogP contribution is -1.92. The number of aryl methyl sites for hydroxylation is 1. The van der Waals surface area contributed by atoms with E-state index in [1.54, 1.807) is 6.07 Å². The number of rotatable bonds is 3. The van der Waals surface area contributed by atoms with Crippen LogP contribution in [-0.2, 0) is 12.8 Å². The maximum Gasteiger partial charge on any atom is 0.180 e. The van der Waals surface area contributed by atoms with E-state index in [-0.39, 0.29) is 10.8 Å². The van der Waals surface area contributed by atoms with E-state index in [1.165, 1.54) is 17.4 Å². The number of hydrogen-bond acceptors (Lipinski definition) is 3. The SMILES string of the molecule is CCc1nc(N)sc1Cc1ccc(Cl)c(F)c1. The van der Waals surface area contributed by atoms with Crippen molar-refractivity contribution in [2.24, 2.45) is 0 Å². The molecule has 2 aromatic rings. The van der Waals surface area contributed by atoms with Gasteiger partial charge in [0.25, 0.3) is 0 Å². The molecule has 0 aliphatic heterocycles. The Balaban J connectivity index is 2.27. The van der Waals surface area contributed by atoms with Crippen LogP contribution >= 0.6 is 22.9 Å². The first-order valence-corrected chi connectivity index (χ1v) is 6.47. The maximum absolute atomic E-state index is 13.3. The van der Waals surface area contributed by atoms with E-state index in [0.717, 1.165) is 22.6 Å².